The second kappa shape index (κ2) is 6.50. The van der Waals surface area contributed by atoms with Gasteiger partial charge in [-0.1, -0.05) is 12.1 Å². The molecule has 2 heterocycles. The first-order valence-corrected chi connectivity index (χ1v) is 7.97. The summed E-state index contributed by atoms with van der Waals surface area (Å²) in [6, 6.07) is 7.83. The van der Waals surface area contributed by atoms with Crippen LogP contribution in [0.1, 0.15) is 53.4 Å². The molecule has 2 atom stereocenters. The van der Waals surface area contributed by atoms with Crippen LogP contribution in [-0.4, -0.2) is 33.6 Å². The van der Waals surface area contributed by atoms with E-state index in [-0.39, 0.29) is 5.92 Å². The molecule has 0 radical (unpaired) electrons. The van der Waals surface area contributed by atoms with Crippen molar-refractivity contribution in [2.75, 3.05) is 6.54 Å². The van der Waals surface area contributed by atoms with E-state index in [1.54, 1.807) is 12.1 Å². The Bertz CT molecular complexity index is 680. The fourth-order valence-corrected chi connectivity index (χ4v) is 3.24. The number of amides is 1. The third kappa shape index (κ3) is 3.42. The van der Waals surface area contributed by atoms with Gasteiger partial charge in [0.25, 0.3) is 0 Å². The van der Waals surface area contributed by atoms with Crippen LogP contribution in [0.5, 0.6) is 0 Å². The molecular weight excluding hydrogens is 292 g/mol. The van der Waals surface area contributed by atoms with Crippen molar-refractivity contribution in [3.05, 3.63) is 47.2 Å². The van der Waals surface area contributed by atoms with Gasteiger partial charge in [0.2, 0.25) is 17.7 Å². The molecule has 1 aromatic heterocycles. The summed E-state index contributed by atoms with van der Waals surface area (Å²) < 4.78 is 5.63. The highest BCUT2D eigenvalue weighted by Gasteiger charge is 2.32. The molecule has 1 aliphatic heterocycles. The molecule has 122 valence electrons. The topological polar surface area (TPSA) is 85.3 Å². The Balaban J connectivity index is 1.71. The summed E-state index contributed by atoms with van der Waals surface area (Å²) in [5, 5.41) is 8.15. The van der Waals surface area contributed by atoms with Crippen LogP contribution in [0.25, 0.3) is 0 Å². The van der Waals surface area contributed by atoms with Crippen molar-refractivity contribution in [1.29, 1.82) is 0 Å². The van der Waals surface area contributed by atoms with Crippen molar-refractivity contribution in [2.24, 2.45) is 5.73 Å². The molecule has 6 heteroatoms. The molecule has 1 fully saturated rings. The fraction of sp³-hybridized carbons (Fsp3) is 0.471. The number of likely N-dealkylation sites (tertiary alicyclic amines) is 1. The standard InChI is InChI=1S/C17H22N4O2/c1-11-15(17-20-19-12(2)23-17)4-3-9-21(11)10-13-5-7-14(8-6-13)16(18)22/h5-8,11,15H,3-4,9-10H2,1-2H3,(H2,18,22)/t11-,15-/m0/s1. The molecule has 1 amide bonds. The van der Waals surface area contributed by atoms with Crippen LogP contribution in [-0.2, 0) is 6.54 Å². The van der Waals surface area contributed by atoms with Gasteiger partial charge in [-0.05, 0) is 44.0 Å². The lowest BCUT2D eigenvalue weighted by Crippen LogP contribution is -2.41. The molecule has 3 rings (SSSR count). The summed E-state index contributed by atoms with van der Waals surface area (Å²) in [7, 11) is 0. The van der Waals surface area contributed by atoms with Gasteiger partial charge in [-0.3, -0.25) is 9.69 Å². The van der Waals surface area contributed by atoms with E-state index in [0.717, 1.165) is 31.8 Å². The Labute approximate surface area is 135 Å². The van der Waals surface area contributed by atoms with Crippen LogP contribution in [0.2, 0.25) is 0 Å². The van der Waals surface area contributed by atoms with Crippen LogP contribution in [0.4, 0.5) is 0 Å². The minimum atomic E-state index is -0.394. The molecule has 1 aliphatic rings. The Morgan fingerprint density at radius 3 is 2.70 bits per heavy atom. The minimum Gasteiger partial charge on any atom is -0.425 e. The lowest BCUT2D eigenvalue weighted by atomic mass is 9.89. The number of aryl methyl sites for hydroxylation is 1. The number of rotatable bonds is 4. The quantitative estimate of drug-likeness (QED) is 0.935. The number of hydrogen-bond donors (Lipinski definition) is 1. The number of nitrogens with two attached hydrogens (primary N) is 1. The lowest BCUT2D eigenvalue weighted by Gasteiger charge is -2.37. The van der Waals surface area contributed by atoms with Crippen molar-refractivity contribution in [3.8, 4) is 0 Å². The maximum absolute atomic E-state index is 11.1. The van der Waals surface area contributed by atoms with E-state index in [2.05, 4.69) is 22.0 Å². The maximum Gasteiger partial charge on any atom is 0.248 e. The molecule has 23 heavy (non-hydrogen) atoms. The minimum absolute atomic E-state index is 0.273. The largest absolute Gasteiger partial charge is 0.425 e. The van der Waals surface area contributed by atoms with Gasteiger partial charge >= 0.3 is 0 Å². The monoisotopic (exact) mass is 314 g/mol. The average molecular weight is 314 g/mol. The zero-order valence-corrected chi connectivity index (χ0v) is 13.5. The Morgan fingerprint density at radius 2 is 2.09 bits per heavy atom. The predicted molar refractivity (Wildman–Crippen MR) is 85.8 cm³/mol. The lowest BCUT2D eigenvalue weighted by molar-refractivity contribution is 0.1000. The first kappa shape index (κ1) is 15.7. The molecule has 0 saturated carbocycles. The Morgan fingerprint density at radius 1 is 1.35 bits per heavy atom. The molecule has 1 saturated heterocycles. The molecule has 0 unspecified atom stereocenters. The van der Waals surface area contributed by atoms with Gasteiger partial charge in [-0.15, -0.1) is 10.2 Å². The number of hydrogen-bond acceptors (Lipinski definition) is 5. The smallest absolute Gasteiger partial charge is 0.248 e. The number of nitrogens with zero attached hydrogens (tertiary/aromatic N) is 3. The van der Waals surface area contributed by atoms with Gasteiger partial charge in [0.1, 0.15) is 0 Å². The van der Waals surface area contributed by atoms with E-state index in [1.165, 1.54) is 5.56 Å². The molecule has 0 bridgehead atoms. The second-order valence-electron chi connectivity index (χ2n) is 6.18. The van der Waals surface area contributed by atoms with Crippen LogP contribution >= 0.6 is 0 Å². The molecule has 0 spiro atoms. The summed E-state index contributed by atoms with van der Waals surface area (Å²) in [4.78, 5) is 13.6. The highest BCUT2D eigenvalue weighted by atomic mass is 16.4. The number of primary amides is 1. The van der Waals surface area contributed by atoms with Crippen molar-refractivity contribution < 1.29 is 9.21 Å². The van der Waals surface area contributed by atoms with Crippen molar-refractivity contribution in [1.82, 2.24) is 15.1 Å². The van der Waals surface area contributed by atoms with E-state index in [1.807, 2.05) is 19.1 Å². The number of benzene rings is 1. The van der Waals surface area contributed by atoms with Crippen molar-refractivity contribution >= 4 is 5.91 Å². The van der Waals surface area contributed by atoms with Gasteiger partial charge in [0, 0.05) is 25.1 Å². The van der Waals surface area contributed by atoms with E-state index in [9.17, 15) is 4.79 Å². The van der Waals surface area contributed by atoms with E-state index >= 15 is 0 Å². The summed E-state index contributed by atoms with van der Waals surface area (Å²) in [5.41, 5.74) is 6.99. The zero-order valence-electron chi connectivity index (χ0n) is 13.5. The summed E-state index contributed by atoms with van der Waals surface area (Å²) in [5.74, 6) is 1.24. The van der Waals surface area contributed by atoms with E-state index in [4.69, 9.17) is 10.2 Å². The third-order valence-corrected chi connectivity index (χ3v) is 4.60. The highest BCUT2D eigenvalue weighted by molar-refractivity contribution is 5.92. The van der Waals surface area contributed by atoms with Gasteiger partial charge in [-0.25, -0.2) is 0 Å². The van der Waals surface area contributed by atoms with Crippen molar-refractivity contribution in [2.45, 2.75) is 45.2 Å². The zero-order chi connectivity index (χ0) is 16.4. The molecule has 2 aromatic rings. The van der Waals surface area contributed by atoms with Crippen molar-refractivity contribution in [3.63, 3.8) is 0 Å². The third-order valence-electron chi connectivity index (χ3n) is 4.60. The number of carbonyl (C=O) groups is 1. The van der Waals surface area contributed by atoms with Crippen LogP contribution in [0.15, 0.2) is 28.7 Å². The van der Waals surface area contributed by atoms with Crippen LogP contribution in [0.3, 0.4) is 0 Å². The van der Waals surface area contributed by atoms with Gasteiger partial charge < -0.3 is 10.2 Å². The Kier molecular flexibility index (Phi) is 4.43. The van der Waals surface area contributed by atoms with Gasteiger partial charge in [0.15, 0.2) is 0 Å². The molecule has 6 nitrogen and oxygen atoms in total. The first-order valence-electron chi connectivity index (χ1n) is 7.97. The first-order chi connectivity index (χ1) is 11.0. The highest BCUT2D eigenvalue weighted by Crippen LogP contribution is 2.32. The SMILES string of the molecule is Cc1nnc([C@H]2CCCN(Cc3ccc(C(N)=O)cc3)[C@H]2C)o1. The van der Waals surface area contributed by atoms with Gasteiger partial charge in [0.05, 0.1) is 5.92 Å². The molecule has 1 aromatic carbocycles. The predicted octanol–water partition coefficient (Wildman–Crippen LogP) is 2.25. The summed E-state index contributed by atoms with van der Waals surface area (Å²) >= 11 is 0. The second-order valence-corrected chi connectivity index (χ2v) is 6.18. The molecule has 2 N–H and O–H groups in total. The van der Waals surface area contributed by atoms with Gasteiger partial charge in [-0.2, -0.15) is 0 Å². The summed E-state index contributed by atoms with van der Waals surface area (Å²) in [6.45, 7) is 5.91. The number of aromatic nitrogens is 2. The normalized spacial score (nSPS) is 22.2. The average Bonchev–Trinajstić information content (AvgIpc) is 2.96. The maximum atomic E-state index is 11.1. The summed E-state index contributed by atoms with van der Waals surface area (Å²) in [6.07, 6.45) is 2.18. The number of piperidine rings is 1. The van der Waals surface area contributed by atoms with Crippen LogP contribution in [0, 0.1) is 6.92 Å². The molecular formula is C17H22N4O2. The van der Waals surface area contributed by atoms with E-state index < -0.39 is 5.91 Å². The van der Waals surface area contributed by atoms with Crippen LogP contribution < -0.4 is 5.73 Å². The molecule has 0 aliphatic carbocycles. The Hall–Kier alpha value is -2.21. The van der Waals surface area contributed by atoms with E-state index in [0.29, 0.717) is 17.5 Å². The number of carbonyl (C=O) groups excluding carboxylic acids is 1. The fourth-order valence-electron chi connectivity index (χ4n) is 3.24.